The molecule has 1 aromatic carbocycles. The lowest BCUT2D eigenvalue weighted by Gasteiger charge is -2.20. The van der Waals surface area contributed by atoms with E-state index in [4.69, 9.17) is 0 Å². The first-order chi connectivity index (χ1) is 9.42. The van der Waals surface area contributed by atoms with Crippen LogP contribution in [0.5, 0.6) is 0 Å². The molecule has 1 N–H and O–H groups in total. The highest BCUT2D eigenvalue weighted by molar-refractivity contribution is 5.48. The summed E-state index contributed by atoms with van der Waals surface area (Å²) >= 11 is 0. The van der Waals surface area contributed by atoms with Gasteiger partial charge < -0.3 is 10.2 Å². The lowest BCUT2D eigenvalue weighted by molar-refractivity contribution is 0.474. The van der Waals surface area contributed by atoms with Crippen LogP contribution in [0.15, 0.2) is 36.4 Å². The first-order valence-electron chi connectivity index (χ1n) is 7.64. The van der Waals surface area contributed by atoms with Crippen LogP contribution in [-0.2, 0) is 6.54 Å². The summed E-state index contributed by atoms with van der Waals surface area (Å²) in [6, 6.07) is 9.79. The summed E-state index contributed by atoms with van der Waals surface area (Å²) in [5.74, 6) is 0. The third kappa shape index (κ3) is 3.38. The van der Waals surface area contributed by atoms with Gasteiger partial charge in [0.05, 0.1) is 0 Å². The molecule has 2 aliphatic rings. The van der Waals surface area contributed by atoms with Gasteiger partial charge in [0.2, 0.25) is 0 Å². The average molecular weight is 256 g/mol. The van der Waals surface area contributed by atoms with Crippen LogP contribution in [0.3, 0.4) is 0 Å². The number of nitrogens with zero attached hydrogens (tertiary/aromatic N) is 1. The topological polar surface area (TPSA) is 15.3 Å². The molecule has 1 fully saturated rings. The van der Waals surface area contributed by atoms with Crippen molar-refractivity contribution in [3.05, 3.63) is 42.0 Å². The van der Waals surface area contributed by atoms with E-state index >= 15 is 0 Å². The first-order valence-corrected chi connectivity index (χ1v) is 7.64. The fourth-order valence-electron chi connectivity index (χ4n) is 3.04. The van der Waals surface area contributed by atoms with E-state index in [0.29, 0.717) is 6.04 Å². The number of hydrogen-bond donors (Lipinski definition) is 1. The number of hydrogen-bond acceptors (Lipinski definition) is 2. The van der Waals surface area contributed by atoms with Gasteiger partial charge in [-0.1, -0.05) is 24.3 Å². The minimum atomic E-state index is 0.670. The number of rotatable bonds is 4. The maximum absolute atomic E-state index is 3.66. The predicted molar refractivity (Wildman–Crippen MR) is 81.5 cm³/mol. The Morgan fingerprint density at radius 3 is 2.53 bits per heavy atom. The van der Waals surface area contributed by atoms with E-state index in [0.717, 1.165) is 6.54 Å². The third-order valence-corrected chi connectivity index (χ3v) is 4.27. The van der Waals surface area contributed by atoms with E-state index in [1.54, 1.807) is 0 Å². The highest BCUT2D eigenvalue weighted by atomic mass is 15.1. The zero-order valence-corrected chi connectivity index (χ0v) is 11.6. The van der Waals surface area contributed by atoms with Crippen LogP contribution >= 0.6 is 0 Å². The highest BCUT2D eigenvalue weighted by Gasteiger charge is 2.12. The van der Waals surface area contributed by atoms with Crippen molar-refractivity contribution in [2.75, 3.05) is 18.0 Å². The molecule has 1 heterocycles. The van der Waals surface area contributed by atoms with Gasteiger partial charge >= 0.3 is 0 Å². The Morgan fingerprint density at radius 2 is 1.84 bits per heavy atom. The van der Waals surface area contributed by atoms with Crippen molar-refractivity contribution in [3.8, 4) is 0 Å². The first kappa shape index (κ1) is 12.7. The highest BCUT2D eigenvalue weighted by Crippen LogP contribution is 2.20. The maximum atomic E-state index is 3.66. The van der Waals surface area contributed by atoms with Gasteiger partial charge in [0, 0.05) is 31.4 Å². The standard InChI is InChI=1S/C17H24N2/c1-2-6-16(7-3-1)18-14-15-8-10-17(11-9-15)19-12-4-5-13-19/h1-2,8-11,16,18H,3-7,12-14H2. The van der Waals surface area contributed by atoms with Crippen LogP contribution in [-0.4, -0.2) is 19.1 Å². The second-order valence-electron chi connectivity index (χ2n) is 5.72. The lowest BCUT2D eigenvalue weighted by Crippen LogP contribution is -2.29. The maximum Gasteiger partial charge on any atom is 0.0366 e. The largest absolute Gasteiger partial charge is 0.372 e. The van der Waals surface area contributed by atoms with E-state index in [2.05, 4.69) is 46.6 Å². The summed E-state index contributed by atoms with van der Waals surface area (Å²) in [5, 5.41) is 3.66. The molecule has 1 atom stereocenters. The van der Waals surface area contributed by atoms with Crippen molar-refractivity contribution >= 4 is 5.69 Å². The summed E-state index contributed by atoms with van der Waals surface area (Å²) in [5.41, 5.74) is 2.79. The summed E-state index contributed by atoms with van der Waals surface area (Å²) in [6.45, 7) is 3.46. The Morgan fingerprint density at radius 1 is 1.05 bits per heavy atom. The molecule has 1 aliphatic carbocycles. The van der Waals surface area contributed by atoms with Crippen LogP contribution in [0.2, 0.25) is 0 Å². The Hall–Kier alpha value is -1.28. The molecule has 2 heteroatoms. The van der Waals surface area contributed by atoms with Crippen molar-refractivity contribution in [2.24, 2.45) is 0 Å². The molecule has 19 heavy (non-hydrogen) atoms. The van der Waals surface area contributed by atoms with Crippen molar-refractivity contribution in [1.82, 2.24) is 5.32 Å². The van der Waals surface area contributed by atoms with Crippen LogP contribution in [0.1, 0.15) is 37.7 Å². The van der Waals surface area contributed by atoms with Gasteiger partial charge in [-0.25, -0.2) is 0 Å². The molecule has 0 bridgehead atoms. The van der Waals surface area contributed by atoms with Gasteiger partial charge in [-0.2, -0.15) is 0 Å². The molecule has 1 aromatic rings. The van der Waals surface area contributed by atoms with E-state index in [-0.39, 0.29) is 0 Å². The summed E-state index contributed by atoms with van der Waals surface area (Å²) in [7, 11) is 0. The number of benzene rings is 1. The normalized spacial score (nSPS) is 22.9. The lowest BCUT2D eigenvalue weighted by atomic mass is 10.0. The number of anilines is 1. The summed E-state index contributed by atoms with van der Waals surface area (Å²) in [4.78, 5) is 2.49. The molecule has 102 valence electrons. The third-order valence-electron chi connectivity index (χ3n) is 4.27. The van der Waals surface area contributed by atoms with Crippen molar-refractivity contribution in [1.29, 1.82) is 0 Å². The van der Waals surface area contributed by atoms with Crippen LogP contribution in [0.4, 0.5) is 5.69 Å². The molecule has 0 amide bonds. The molecule has 0 aromatic heterocycles. The van der Waals surface area contributed by atoms with Crippen molar-refractivity contribution in [2.45, 2.75) is 44.7 Å². The van der Waals surface area contributed by atoms with Gasteiger partial charge in [-0.15, -0.1) is 0 Å². The number of nitrogens with one attached hydrogen (secondary N) is 1. The fourth-order valence-corrected chi connectivity index (χ4v) is 3.04. The molecule has 0 radical (unpaired) electrons. The summed E-state index contributed by atoms with van der Waals surface area (Å²) in [6.07, 6.45) is 11.0. The quantitative estimate of drug-likeness (QED) is 0.830. The van der Waals surface area contributed by atoms with Crippen LogP contribution in [0.25, 0.3) is 0 Å². The van der Waals surface area contributed by atoms with E-state index < -0.39 is 0 Å². The van der Waals surface area contributed by atoms with Crippen molar-refractivity contribution in [3.63, 3.8) is 0 Å². The molecular weight excluding hydrogens is 232 g/mol. The van der Waals surface area contributed by atoms with E-state index in [9.17, 15) is 0 Å². The van der Waals surface area contributed by atoms with Crippen LogP contribution < -0.4 is 10.2 Å². The zero-order valence-electron chi connectivity index (χ0n) is 11.6. The molecule has 1 aliphatic heterocycles. The van der Waals surface area contributed by atoms with Gasteiger partial charge in [-0.05, 0) is 49.8 Å². The Labute approximate surface area is 116 Å². The minimum Gasteiger partial charge on any atom is -0.372 e. The second-order valence-corrected chi connectivity index (χ2v) is 5.72. The van der Waals surface area contributed by atoms with Gasteiger partial charge in [-0.3, -0.25) is 0 Å². The van der Waals surface area contributed by atoms with Gasteiger partial charge in [0.15, 0.2) is 0 Å². The predicted octanol–water partition coefficient (Wildman–Crippen LogP) is 3.49. The molecule has 3 rings (SSSR count). The Balaban J connectivity index is 1.52. The molecule has 0 spiro atoms. The molecule has 1 saturated heterocycles. The fraction of sp³-hybridized carbons (Fsp3) is 0.529. The van der Waals surface area contributed by atoms with E-state index in [1.807, 2.05) is 0 Å². The van der Waals surface area contributed by atoms with Crippen molar-refractivity contribution < 1.29 is 0 Å². The molecule has 0 saturated carbocycles. The minimum absolute atomic E-state index is 0.670. The molecule has 1 unspecified atom stereocenters. The summed E-state index contributed by atoms with van der Waals surface area (Å²) < 4.78 is 0. The molecular formula is C17H24N2. The monoisotopic (exact) mass is 256 g/mol. The molecule has 2 nitrogen and oxygen atoms in total. The zero-order chi connectivity index (χ0) is 12.9. The SMILES string of the molecule is C1=CCC(NCc2ccc(N3CCCC3)cc2)CC1. The Bertz CT molecular complexity index is 415. The van der Waals surface area contributed by atoms with Gasteiger partial charge in [0.1, 0.15) is 0 Å². The van der Waals surface area contributed by atoms with Gasteiger partial charge in [0.25, 0.3) is 0 Å². The average Bonchev–Trinajstić information content (AvgIpc) is 3.01. The smallest absolute Gasteiger partial charge is 0.0366 e. The van der Waals surface area contributed by atoms with E-state index in [1.165, 1.54) is 56.4 Å². The second kappa shape index (κ2) is 6.25. The van der Waals surface area contributed by atoms with Crippen LogP contribution in [0, 0.1) is 0 Å². The Kier molecular flexibility index (Phi) is 4.19. The number of allylic oxidation sites excluding steroid dienone is 1.